The summed E-state index contributed by atoms with van der Waals surface area (Å²) in [5.74, 6) is 0.0337. The molecule has 1 N–H and O–H groups in total. The average molecular weight is 349 g/mol. The van der Waals surface area contributed by atoms with Crippen LogP contribution in [0.5, 0.6) is 0 Å². The Kier molecular flexibility index (Phi) is 4.42. The van der Waals surface area contributed by atoms with Crippen LogP contribution >= 0.6 is 0 Å². The van der Waals surface area contributed by atoms with Crippen LogP contribution in [0.4, 0.5) is 5.69 Å². The molecule has 3 heterocycles. The van der Waals surface area contributed by atoms with Gasteiger partial charge in [0.1, 0.15) is 0 Å². The molecule has 26 heavy (non-hydrogen) atoms. The van der Waals surface area contributed by atoms with Crippen LogP contribution in [-0.2, 0) is 11.8 Å². The van der Waals surface area contributed by atoms with Gasteiger partial charge in [0.15, 0.2) is 0 Å². The number of hydrogen-bond acceptors (Lipinski definition) is 4. The number of hydrogen-bond donors (Lipinski definition) is 1. The third-order valence-electron chi connectivity index (χ3n) is 4.87. The van der Waals surface area contributed by atoms with E-state index >= 15 is 0 Å². The zero-order valence-corrected chi connectivity index (χ0v) is 15.2. The molecule has 2 aromatic heterocycles. The predicted molar refractivity (Wildman–Crippen MR) is 103 cm³/mol. The van der Waals surface area contributed by atoms with Crippen molar-refractivity contribution in [1.29, 1.82) is 0 Å². The van der Waals surface area contributed by atoms with E-state index in [9.17, 15) is 4.79 Å². The highest BCUT2D eigenvalue weighted by Gasteiger charge is 2.15. The van der Waals surface area contributed by atoms with Gasteiger partial charge in [0.25, 0.3) is 0 Å². The zero-order valence-electron chi connectivity index (χ0n) is 15.2. The molecule has 6 nitrogen and oxygen atoms in total. The Balaban J connectivity index is 1.59. The highest BCUT2D eigenvalue weighted by Crippen LogP contribution is 2.26. The number of fused-ring (bicyclic) bond motifs is 1. The van der Waals surface area contributed by atoms with E-state index in [0.29, 0.717) is 6.54 Å². The monoisotopic (exact) mass is 349 g/mol. The second-order valence-electron chi connectivity index (χ2n) is 6.99. The summed E-state index contributed by atoms with van der Waals surface area (Å²) in [6, 6.07) is 7.99. The molecule has 1 aromatic carbocycles. The van der Waals surface area contributed by atoms with Gasteiger partial charge in [-0.1, -0.05) is 6.07 Å². The van der Waals surface area contributed by atoms with Crippen molar-refractivity contribution in [3.8, 4) is 11.3 Å². The van der Waals surface area contributed by atoms with Gasteiger partial charge >= 0.3 is 0 Å². The van der Waals surface area contributed by atoms with Crippen LogP contribution in [0.3, 0.4) is 0 Å². The largest absolute Gasteiger partial charge is 0.325 e. The molecule has 0 spiro atoms. The molecule has 4 rings (SSSR count). The van der Waals surface area contributed by atoms with Gasteiger partial charge in [0.05, 0.1) is 24.0 Å². The number of aromatic nitrogens is 3. The standard InChI is InChI=1S/C20H23N5O/c1-14-9-18(15-11-21-24(2)12-15)23-19-10-16(5-6-17(14)19)22-20(26)13-25-7-3-4-8-25/h5-6,9-12H,3-4,7-8,13H2,1-2H3,(H,22,26). The lowest BCUT2D eigenvalue weighted by atomic mass is 10.1. The Bertz CT molecular complexity index is 956. The van der Waals surface area contributed by atoms with Gasteiger partial charge < -0.3 is 5.32 Å². The minimum absolute atomic E-state index is 0.0337. The van der Waals surface area contributed by atoms with E-state index in [1.54, 1.807) is 4.68 Å². The average Bonchev–Trinajstić information content (AvgIpc) is 3.26. The molecular formula is C20H23N5O. The summed E-state index contributed by atoms with van der Waals surface area (Å²) in [6.45, 7) is 4.57. The van der Waals surface area contributed by atoms with Crippen LogP contribution < -0.4 is 5.32 Å². The maximum absolute atomic E-state index is 12.3. The fourth-order valence-corrected chi connectivity index (χ4v) is 3.53. The highest BCUT2D eigenvalue weighted by molar-refractivity contribution is 5.95. The van der Waals surface area contributed by atoms with Crippen molar-refractivity contribution in [2.24, 2.45) is 7.05 Å². The van der Waals surface area contributed by atoms with E-state index in [0.717, 1.165) is 46.5 Å². The fraction of sp³-hybridized carbons (Fsp3) is 0.350. The molecule has 1 aliphatic rings. The second kappa shape index (κ2) is 6.88. The van der Waals surface area contributed by atoms with Crippen LogP contribution in [0.1, 0.15) is 18.4 Å². The molecule has 134 valence electrons. The molecule has 3 aromatic rings. The normalized spacial score (nSPS) is 14.8. The summed E-state index contributed by atoms with van der Waals surface area (Å²) in [6.07, 6.45) is 6.14. The molecule has 6 heteroatoms. The predicted octanol–water partition coefficient (Wildman–Crippen LogP) is 2.98. The van der Waals surface area contributed by atoms with Gasteiger partial charge in [-0.3, -0.25) is 14.4 Å². The second-order valence-corrected chi connectivity index (χ2v) is 6.99. The van der Waals surface area contributed by atoms with Gasteiger partial charge in [-0.05, 0) is 56.6 Å². The number of anilines is 1. The van der Waals surface area contributed by atoms with Crippen LogP contribution in [0.2, 0.25) is 0 Å². The molecule has 0 atom stereocenters. The number of rotatable bonds is 4. The lowest BCUT2D eigenvalue weighted by Gasteiger charge is -2.14. The van der Waals surface area contributed by atoms with Gasteiger partial charge in [-0.25, -0.2) is 4.98 Å². The van der Waals surface area contributed by atoms with Crippen molar-refractivity contribution in [3.05, 3.63) is 42.2 Å². The highest BCUT2D eigenvalue weighted by atomic mass is 16.2. The first kappa shape index (κ1) is 16.7. The first-order chi connectivity index (χ1) is 12.6. The number of benzene rings is 1. The first-order valence-corrected chi connectivity index (χ1v) is 9.01. The molecule has 1 amide bonds. The maximum atomic E-state index is 12.3. The molecule has 0 aliphatic carbocycles. The number of pyridine rings is 1. The summed E-state index contributed by atoms with van der Waals surface area (Å²) >= 11 is 0. The minimum Gasteiger partial charge on any atom is -0.325 e. The number of amides is 1. The number of carbonyl (C=O) groups is 1. The Morgan fingerprint density at radius 2 is 2.04 bits per heavy atom. The smallest absolute Gasteiger partial charge is 0.238 e. The molecule has 0 saturated carbocycles. The molecule has 1 aliphatic heterocycles. The van der Waals surface area contributed by atoms with Crippen LogP contribution in [0.25, 0.3) is 22.2 Å². The van der Waals surface area contributed by atoms with Crippen LogP contribution in [-0.4, -0.2) is 45.2 Å². The number of likely N-dealkylation sites (tertiary alicyclic amines) is 1. The Hall–Kier alpha value is -2.73. The van der Waals surface area contributed by atoms with Crippen molar-refractivity contribution in [2.45, 2.75) is 19.8 Å². The fourth-order valence-electron chi connectivity index (χ4n) is 3.53. The lowest BCUT2D eigenvalue weighted by Crippen LogP contribution is -2.30. The molecule has 1 saturated heterocycles. The number of nitrogens with one attached hydrogen (secondary N) is 1. The summed E-state index contributed by atoms with van der Waals surface area (Å²) in [7, 11) is 1.89. The topological polar surface area (TPSA) is 63.1 Å². The van der Waals surface area contributed by atoms with E-state index < -0.39 is 0 Å². The number of nitrogens with zero attached hydrogens (tertiary/aromatic N) is 4. The molecule has 0 unspecified atom stereocenters. The molecule has 0 bridgehead atoms. The van der Waals surface area contributed by atoms with Crippen molar-refractivity contribution in [1.82, 2.24) is 19.7 Å². The van der Waals surface area contributed by atoms with Crippen molar-refractivity contribution < 1.29 is 4.79 Å². The number of aryl methyl sites for hydroxylation is 2. The minimum atomic E-state index is 0.0337. The third-order valence-corrected chi connectivity index (χ3v) is 4.87. The van der Waals surface area contributed by atoms with Gasteiger partial charge in [-0.2, -0.15) is 5.10 Å². The molecular weight excluding hydrogens is 326 g/mol. The summed E-state index contributed by atoms with van der Waals surface area (Å²) in [4.78, 5) is 19.2. The summed E-state index contributed by atoms with van der Waals surface area (Å²) in [5, 5.41) is 8.32. The van der Waals surface area contributed by atoms with Gasteiger partial charge in [0.2, 0.25) is 5.91 Å². The van der Waals surface area contributed by atoms with Gasteiger partial charge in [-0.15, -0.1) is 0 Å². The summed E-state index contributed by atoms with van der Waals surface area (Å²) < 4.78 is 1.77. The number of carbonyl (C=O) groups excluding carboxylic acids is 1. The van der Waals surface area contributed by atoms with E-state index in [4.69, 9.17) is 4.98 Å². The first-order valence-electron chi connectivity index (χ1n) is 9.01. The molecule has 0 radical (unpaired) electrons. The van der Waals surface area contributed by atoms with Crippen molar-refractivity contribution in [3.63, 3.8) is 0 Å². The maximum Gasteiger partial charge on any atom is 0.238 e. The van der Waals surface area contributed by atoms with Crippen molar-refractivity contribution >= 4 is 22.5 Å². The summed E-state index contributed by atoms with van der Waals surface area (Å²) in [5.41, 5.74) is 4.70. The Morgan fingerprint density at radius 3 is 2.77 bits per heavy atom. The van der Waals surface area contributed by atoms with Gasteiger partial charge in [0, 0.05) is 29.9 Å². The van der Waals surface area contributed by atoms with Crippen LogP contribution in [0.15, 0.2) is 36.7 Å². The molecule has 1 fully saturated rings. The van der Waals surface area contributed by atoms with E-state index in [1.165, 1.54) is 12.8 Å². The lowest BCUT2D eigenvalue weighted by molar-refractivity contribution is -0.117. The van der Waals surface area contributed by atoms with E-state index in [2.05, 4.69) is 28.3 Å². The zero-order chi connectivity index (χ0) is 18.1. The quantitative estimate of drug-likeness (QED) is 0.786. The SMILES string of the molecule is Cc1cc(-c2cnn(C)c2)nc2cc(NC(=O)CN3CCCC3)ccc12. The third kappa shape index (κ3) is 3.46. The Labute approximate surface area is 152 Å². The van der Waals surface area contributed by atoms with E-state index in [1.807, 2.05) is 37.6 Å². The van der Waals surface area contributed by atoms with Crippen molar-refractivity contribution in [2.75, 3.05) is 25.0 Å². The van der Waals surface area contributed by atoms with Crippen LogP contribution in [0, 0.1) is 6.92 Å². The Morgan fingerprint density at radius 1 is 1.23 bits per heavy atom. The van der Waals surface area contributed by atoms with E-state index in [-0.39, 0.29) is 5.91 Å².